The molecule has 0 bridgehead atoms. The van der Waals surface area contributed by atoms with Crippen molar-refractivity contribution in [3.8, 4) is 5.75 Å². The molecule has 1 aliphatic heterocycles. The lowest BCUT2D eigenvalue weighted by molar-refractivity contribution is 0.0961. The SMILES string of the molecule is O=C(c1ccccc1)n1c2c(c3ccccc31)OCC(=C(c1ccccc1)c1ccccc1)C2. The maximum atomic E-state index is 13.7. The molecule has 1 aliphatic rings. The molecule has 0 atom stereocenters. The van der Waals surface area contributed by atoms with Gasteiger partial charge in [0.2, 0.25) is 0 Å². The summed E-state index contributed by atoms with van der Waals surface area (Å²) in [5.74, 6) is 0.771. The van der Waals surface area contributed by atoms with Crippen molar-refractivity contribution in [2.24, 2.45) is 0 Å². The second kappa shape index (κ2) is 8.53. The molecule has 0 amide bonds. The van der Waals surface area contributed by atoms with Crippen LogP contribution in [0.1, 0.15) is 27.2 Å². The fraction of sp³-hybridized carbons (Fsp3) is 0.0645. The number of benzene rings is 4. The molecule has 4 aromatic carbocycles. The molecule has 0 aliphatic carbocycles. The third-order valence-corrected chi connectivity index (χ3v) is 6.40. The summed E-state index contributed by atoms with van der Waals surface area (Å²) in [5, 5.41) is 0.974. The summed E-state index contributed by atoms with van der Waals surface area (Å²) in [6, 6.07) is 38.3. The maximum absolute atomic E-state index is 13.7. The zero-order valence-electron chi connectivity index (χ0n) is 18.6. The molecule has 0 unspecified atom stereocenters. The first-order chi connectivity index (χ1) is 16.8. The van der Waals surface area contributed by atoms with E-state index in [1.54, 1.807) is 0 Å². The van der Waals surface area contributed by atoms with E-state index in [4.69, 9.17) is 4.74 Å². The number of carbonyl (C=O) groups excluding carboxylic acids is 1. The van der Waals surface area contributed by atoms with E-state index in [-0.39, 0.29) is 5.91 Å². The number of carbonyl (C=O) groups is 1. The Morgan fingerprint density at radius 3 is 1.79 bits per heavy atom. The normalized spacial score (nSPS) is 12.8. The minimum atomic E-state index is -0.0381. The van der Waals surface area contributed by atoms with Crippen LogP contribution >= 0.6 is 0 Å². The third-order valence-electron chi connectivity index (χ3n) is 6.40. The smallest absolute Gasteiger partial charge is 0.262 e. The lowest BCUT2D eigenvalue weighted by atomic mass is 9.90. The Labute approximate surface area is 198 Å². The highest BCUT2D eigenvalue weighted by Crippen LogP contribution is 2.40. The molecular formula is C31H23NO2. The number of hydrogen-bond donors (Lipinski definition) is 0. The fourth-order valence-corrected chi connectivity index (χ4v) is 4.88. The summed E-state index contributed by atoms with van der Waals surface area (Å²) in [6.07, 6.45) is 0.641. The van der Waals surface area contributed by atoms with Crippen LogP contribution in [0, 0.1) is 0 Å². The summed E-state index contributed by atoms with van der Waals surface area (Å²) < 4.78 is 8.25. The molecule has 3 nitrogen and oxygen atoms in total. The monoisotopic (exact) mass is 441 g/mol. The zero-order chi connectivity index (χ0) is 22.9. The Morgan fingerprint density at radius 1 is 0.647 bits per heavy atom. The minimum absolute atomic E-state index is 0.0381. The van der Waals surface area contributed by atoms with Gasteiger partial charge in [0.25, 0.3) is 5.91 Å². The summed E-state index contributed by atoms with van der Waals surface area (Å²) in [7, 11) is 0. The molecule has 34 heavy (non-hydrogen) atoms. The van der Waals surface area contributed by atoms with Crippen molar-refractivity contribution in [3.63, 3.8) is 0 Å². The van der Waals surface area contributed by atoms with Gasteiger partial charge in [0.15, 0.2) is 0 Å². The molecule has 2 heterocycles. The van der Waals surface area contributed by atoms with E-state index in [1.807, 2.05) is 71.3 Å². The summed E-state index contributed by atoms with van der Waals surface area (Å²) in [4.78, 5) is 13.7. The molecule has 0 N–H and O–H groups in total. The molecule has 0 spiro atoms. The Balaban J connectivity index is 1.57. The van der Waals surface area contributed by atoms with E-state index in [1.165, 1.54) is 0 Å². The Kier molecular flexibility index (Phi) is 5.08. The van der Waals surface area contributed by atoms with Gasteiger partial charge in [-0.15, -0.1) is 0 Å². The van der Waals surface area contributed by atoms with Crippen LogP contribution in [0.15, 0.2) is 121 Å². The second-order valence-electron chi connectivity index (χ2n) is 8.48. The van der Waals surface area contributed by atoms with Gasteiger partial charge < -0.3 is 4.74 Å². The Bertz CT molecular complexity index is 1470. The van der Waals surface area contributed by atoms with Gasteiger partial charge in [-0.25, -0.2) is 0 Å². The molecule has 6 rings (SSSR count). The van der Waals surface area contributed by atoms with Gasteiger partial charge >= 0.3 is 0 Å². The van der Waals surface area contributed by atoms with Crippen molar-refractivity contribution in [3.05, 3.63) is 143 Å². The average Bonchev–Trinajstić information content (AvgIpc) is 3.24. The predicted molar refractivity (Wildman–Crippen MR) is 136 cm³/mol. The van der Waals surface area contributed by atoms with Gasteiger partial charge in [-0.1, -0.05) is 91.0 Å². The molecule has 0 radical (unpaired) electrons. The van der Waals surface area contributed by atoms with Crippen molar-refractivity contribution in [2.75, 3.05) is 6.61 Å². The van der Waals surface area contributed by atoms with Crippen LogP contribution in [0.4, 0.5) is 0 Å². The molecule has 0 saturated heterocycles. The standard InChI is InChI=1S/C31H23NO2/c33-31(24-16-8-3-9-17-24)32-27-19-11-10-18-26(27)30-28(32)20-25(21-34-30)29(22-12-4-1-5-13-22)23-14-6-2-7-15-23/h1-19H,20-21H2. The zero-order valence-corrected chi connectivity index (χ0v) is 18.6. The highest BCUT2D eigenvalue weighted by Gasteiger charge is 2.29. The quantitative estimate of drug-likeness (QED) is 0.309. The number of para-hydroxylation sites is 1. The molecule has 1 aromatic heterocycles. The maximum Gasteiger partial charge on any atom is 0.262 e. The predicted octanol–water partition coefficient (Wildman–Crippen LogP) is 6.77. The third kappa shape index (κ3) is 3.43. The van der Waals surface area contributed by atoms with Gasteiger partial charge in [0.05, 0.1) is 11.2 Å². The highest BCUT2D eigenvalue weighted by molar-refractivity contribution is 6.05. The van der Waals surface area contributed by atoms with Crippen LogP contribution in [-0.4, -0.2) is 17.1 Å². The molecule has 0 saturated carbocycles. The van der Waals surface area contributed by atoms with Crippen LogP contribution in [0.25, 0.3) is 16.5 Å². The fourth-order valence-electron chi connectivity index (χ4n) is 4.88. The lowest BCUT2D eigenvalue weighted by Gasteiger charge is -2.23. The number of hydrogen-bond acceptors (Lipinski definition) is 2. The van der Waals surface area contributed by atoms with Crippen molar-refractivity contribution in [1.29, 1.82) is 0 Å². The first-order valence-electron chi connectivity index (χ1n) is 11.5. The second-order valence-corrected chi connectivity index (χ2v) is 8.48. The first-order valence-corrected chi connectivity index (χ1v) is 11.5. The summed E-state index contributed by atoms with van der Waals surface area (Å²) in [6.45, 7) is 0.486. The number of rotatable bonds is 3. The number of fused-ring (bicyclic) bond motifs is 3. The van der Waals surface area contributed by atoms with Crippen molar-refractivity contribution >= 4 is 22.4 Å². The molecule has 3 heteroatoms. The van der Waals surface area contributed by atoms with E-state index in [0.717, 1.165) is 44.6 Å². The van der Waals surface area contributed by atoms with E-state index >= 15 is 0 Å². The van der Waals surface area contributed by atoms with Crippen molar-refractivity contribution in [1.82, 2.24) is 4.57 Å². The van der Waals surface area contributed by atoms with Crippen LogP contribution < -0.4 is 4.74 Å². The first kappa shape index (κ1) is 20.3. The van der Waals surface area contributed by atoms with Crippen molar-refractivity contribution < 1.29 is 9.53 Å². The van der Waals surface area contributed by atoms with E-state index in [9.17, 15) is 4.79 Å². The average molecular weight is 442 g/mol. The van der Waals surface area contributed by atoms with Crippen LogP contribution in [0.5, 0.6) is 5.75 Å². The minimum Gasteiger partial charge on any atom is -0.487 e. The number of aromatic nitrogens is 1. The number of ether oxygens (including phenoxy) is 1. The van der Waals surface area contributed by atoms with Gasteiger partial charge in [-0.3, -0.25) is 9.36 Å². The molecular weight excluding hydrogens is 418 g/mol. The van der Waals surface area contributed by atoms with Gasteiger partial charge in [0.1, 0.15) is 12.4 Å². The molecule has 164 valence electrons. The topological polar surface area (TPSA) is 31.2 Å². The van der Waals surface area contributed by atoms with E-state index < -0.39 is 0 Å². The largest absolute Gasteiger partial charge is 0.487 e. The van der Waals surface area contributed by atoms with E-state index in [0.29, 0.717) is 18.6 Å². The van der Waals surface area contributed by atoms with Gasteiger partial charge in [-0.2, -0.15) is 0 Å². The highest BCUT2D eigenvalue weighted by atomic mass is 16.5. The van der Waals surface area contributed by atoms with E-state index in [2.05, 4.69) is 48.5 Å². The lowest BCUT2D eigenvalue weighted by Crippen LogP contribution is -2.20. The summed E-state index contributed by atoms with van der Waals surface area (Å²) in [5.41, 5.74) is 7.06. The number of nitrogens with zero attached hydrogens (tertiary/aromatic N) is 1. The molecule has 0 fully saturated rings. The molecule has 5 aromatic rings. The van der Waals surface area contributed by atoms with Gasteiger partial charge in [-0.05, 0) is 46.5 Å². The van der Waals surface area contributed by atoms with Gasteiger partial charge in [0, 0.05) is 17.4 Å². The van der Waals surface area contributed by atoms with Crippen molar-refractivity contribution in [2.45, 2.75) is 6.42 Å². The Morgan fingerprint density at radius 2 is 1.18 bits per heavy atom. The Hall–Kier alpha value is -4.37. The van der Waals surface area contributed by atoms with Crippen LogP contribution in [0.3, 0.4) is 0 Å². The van der Waals surface area contributed by atoms with Crippen LogP contribution in [0.2, 0.25) is 0 Å². The van der Waals surface area contributed by atoms with Crippen LogP contribution in [-0.2, 0) is 6.42 Å². The summed E-state index contributed by atoms with van der Waals surface area (Å²) >= 11 is 0.